The van der Waals surface area contributed by atoms with E-state index in [1.54, 1.807) is 20.3 Å². The van der Waals surface area contributed by atoms with E-state index in [1.165, 1.54) is 5.56 Å². The Morgan fingerprint density at radius 2 is 1.63 bits per heavy atom. The van der Waals surface area contributed by atoms with Gasteiger partial charge in [0, 0.05) is 18.5 Å². The first kappa shape index (κ1) is 19.2. The van der Waals surface area contributed by atoms with Crippen LogP contribution < -0.4 is 14.2 Å². The van der Waals surface area contributed by atoms with E-state index in [9.17, 15) is 4.79 Å². The van der Waals surface area contributed by atoms with Crippen LogP contribution >= 0.6 is 0 Å². The van der Waals surface area contributed by atoms with Crippen molar-refractivity contribution in [1.82, 2.24) is 4.90 Å². The number of carbonyl (C=O) groups excluding carboxylic acids is 1. The van der Waals surface area contributed by atoms with E-state index in [0.29, 0.717) is 29.2 Å². The summed E-state index contributed by atoms with van der Waals surface area (Å²) in [7, 11) is 3.16. The number of hydrogen-bond acceptors (Lipinski definition) is 5. The molecule has 0 heterocycles. The van der Waals surface area contributed by atoms with Gasteiger partial charge in [0.25, 0.3) is 0 Å². The third kappa shape index (κ3) is 4.08. The lowest BCUT2D eigenvalue weighted by Crippen LogP contribution is -2.23. The lowest BCUT2D eigenvalue weighted by molar-refractivity contribution is 0.0821. The van der Waals surface area contributed by atoms with Crippen LogP contribution in [0.5, 0.6) is 17.2 Å². The Morgan fingerprint density at radius 1 is 1.00 bits per heavy atom. The van der Waals surface area contributed by atoms with Crippen LogP contribution in [0.25, 0.3) is 0 Å². The zero-order chi connectivity index (χ0) is 19.4. The number of fused-ring (bicyclic) bond motifs is 1. The van der Waals surface area contributed by atoms with Crippen molar-refractivity contribution < 1.29 is 19.0 Å². The Kier molecular flexibility index (Phi) is 6.01. The molecule has 0 saturated carbocycles. The van der Waals surface area contributed by atoms with Gasteiger partial charge in [-0.15, -0.1) is 0 Å². The molecule has 0 radical (unpaired) electrons. The molecule has 0 fully saturated rings. The van der Waals surface area contributed by atoms with Gasteiger partial charge in [-0.1, -0.05) is 26.0 Å². The highest BCUT2D eigenvalue weighted by molar-refractivity contribution is 6.04. The van der Waals surface area contributed by atoms with Gasteiger partial charge in [0.2, 0.25) is 5.78 Å². The molecule has 0 amide bonds. The van der Waals surface area contributed by atoms with E-state index in [1.807, 2.05) is 18.2 Å². The van der Waals surface area contributed by atoms with E-state index in [-0.39, 0.29) is 5.78 Å². The topological polar surface area (TPSA) is 48.0 Å². The average molecular weight is 369 g/mol. The summed E-state index contributed by atoms with van der Waals surface area (Å²) in [5.74, 6) is 1.89. The molecule has 2 aromatic rings. The largest absolute Gasteiger partial charge is 0.493 e. The first-order chi connectivity index (χ1) is 13.1. The van der Waals surface area contributed by atoms with Gasteiger partial charge in [0.05, 0.1) is 14.2 Å². The van der Waals surface area contributed by atoms with Gasteiger partial charge in [-0.2, -0.15) is 0 Å². The standard InChI is InChI=1S/C22H27NO4/c1-5-23(6-2)14-15-7-9-17(10-8-15)27-21-12-16-11-19(25-3)20(26-4)13-18(16)22(21)24/h7-11,13,21H,5-6,12,14H2,1-4H3. The number of hydrogen-bond donors (Lipinski definition) is 0. The van der Waals surface area contributed by atoms with Crippen molar-refractivity contribution >= 4 is 5.78 Å². The summed E-state index contributed by atoms with van der Waals surface area (Å²) in [4.78, 5) is 15.1. The van der Waals surface area contributed by atoms with Crippen LogP contribution in [0.4, 0.5) is 0 Å². The number of Topliss-reactive ketones (excluding diaryl/α,β-unsaturated/α-hetero) is 1. The first-order valence-corrected chi connectivity index (χ1v) is 9.36. The van der Waals surface area contributed by atoms with E-state index in [0.717, 1.165) is 25.2 Å². The lowest BCUT2D eigenvalue weighted by atomic mass is 10.1. The summed E-state index contributed by atoms with van der Waals surface area (Å²) in [6.45, 7) is 7.29. The average Bonchev–Trinajstić information content (AvgIpc) is 3.00. The molecule has 1 unspecified atom stereocenters. The van der Waals surface area contributed by atoms with Crippen LogP contribution in [0, 0.1) is 0 Å². The Labute approximate surface area is 160 Å². The maximum atomic E-state index is 12.7. The van der Waals surface area contributed by atoms with E-state index < -0.39 is 6.10 Å². The SMILES string of the molecule is CCN(CC)Cc1ccc(OC2Cc3cc(OC)c(OC)cc3C2=O)cc1. The fraction of sp³-hybridized carbons (Fsp3) is 0.409. The summed E-state index contributed by atoms with van der Waals surface area (Å²) in [5, 5.41) is 0. The van der Waals surface area contributed by atoms with Crippen LogP contribution in [0.15, 0.2) is 36.4 Å². The number of ether oxygens (including phenoxy) is 3. The molecule has 5 nitrogen and oxygen atoms in total. The molecule has 1 aliphatic rings. The van der Waals surface area contributed by atoms with Crippen molar-refractivity contribution in [2.75, 3.05) is 27.3 Å². The molecule has 27 heavy (non-hydrogen) atoms. The number of nitrogens with zero attached hydrogens (tertiary/aromatic N) is 1. The second-order valence-electron chi connectivity index (χ2n) is 6.64. The molecule has 0 bridgehead atoms. The minimum absolute atomic E-state index is 0.0156. The normalized spacial score (nSPS) is 15.7. The maximum Gasteiger partial charge on any atom is 0.204 e. The molecular weight excluding hydrogens is 342 g/mol. The fourth-order valence-electron chi connectivity index (χ4n) is 3.42. The van der Waals surface area contributed by atoms with E-state index >= 15 is 0 Å². The quantitative estimate of drug-likeness (QED) is 0.710. The molecule has 3 rings (SSSR count). The highest BCUT2D eigenvalue weighted by Gasteiger charge is 2.33. The van der Waals surface area contributed by atoms with Crippen molar-refractivity contribution in [1.29, 1.82) is 0 Å². The van der Waals surface area contributed by atoms with Crippen LogP contribution in [0.3, 0.4) is 0 Å². The summed E-state index contributed by atoms with van der Waals surface area (Å²) in [6.07, 6.45) is 0.0286. The number of carbonyl (C=O) groups is 1. The van der Waals surface area contributed by atoms with Crippen molar-refractivity contribution in [2.24, 2.45) is 0 Å². The number of ketones is 1. The van der Waals surface area contributed by atoms with Gasteiger partial charge >= 0.3 is 0 Å². The molecule has 5 heteroatoms. The summed E-state index contributed by atoms with van der Waals surface area (Å²) in [6, 6.07) is 11.6. The van der Waals surface area contributed by atoms with E-state index in [2.05, 4.69) is 30.9 Å². The van der Waals surface area contributed by atoms with Crippen molar-refractivity contribution in [2.45, 2.75) is 32.9 Å². The Bertz CT molecular complexity index is 797. The van der Waals surface area contributed by atoms with Gasteiger partial charge in [-0.25, -0.2) is 0 Å². The molecular formula is C22H27NO4. The van der Waals surface area contributed by atoms with Crippen LogP contribution in [0.1, 0.15) is 35.3 Å². The smallest absolute Gasteiger partial charge is 0.204 e. The zero-order valence-corrected chi connectivity index (χ0v) is 16.5. The predicted octanol–water partition coefficient (Wildman–Crippen LogP) is 3.73. The van der Waals surface area contributed by atoms with Crippen LogP contribution in [0.2, 0.25) is 0 Å². The molecule has 2 aromatic carbocycles. The van der Waals surface area contributed by atoms with Crippen molar-refractivity contribution in [3.8, 4) is 17.2 Å². The van der Waals surface area contributed by atoms with Crippen LogP contribution in [-0.2, 0) is 13.0 Å². The Balaban J connectivity index is 1.70. The zero-order valence-electron chi connectivity index (χ0n) is 16.5. The molecule has 0 saturated heterocycles. The van der Waals surface area contributed by atoms with Gasteiger partial charge in [-0.05, 0) is 48.5 Å². The second kappa shape index (κ2) is 8.44. The Hall–Kier alpha value is -2.53. The molecule has 1 atom stereocenters. The highest BCUT2D eigenvalue weighted by Crippen LogP contribution is 2.35. The van der Waals surface area contributed by atoms with E-state index in [4.69, 9.17) is 14.2 Å². The fourth-order valence-corrected chi connectivity index (χ4v) is 3.42. The molecule has 0 spiro atoms. The number of rotatable bonds is 8. The molecule has 1 aliphatic carbocycles. The third-order valence-electron chi connectivity index (χ3n) is 5.07. The second-order valence-corrected chi connectivity index (χ2v) is 6.64. The van der Waals surface area contributed by atoms with Gasteiger partial charge < -0.3 is 14.2 Å². The third-order valence-corrected chi connectivity index (χ3v) is 5.07. The number of benzene rings is 2. The molecule has 0 aromatic heterocycles. The molecule has 0 aliphatic heterocycles. The summed E-state index contributed by atoms with van der Waals surface area (Å²) in [5.41, 5.74) is 2.82. The van der Waals surface area contributed by atoms with Crippen molar-refractivity contribution in [3.05, 3.63) is 53.1 Å². The maximum absolute atomic E-state index is 12.7. The minimum atomic E-state index is -0.509. The molecule has 0 N–H and O–H groups in total. The molecule has 144 valence electrons. The highest BCUT2D eigenvalue weighted by atomic mass is 16.5. The lowest BCUT2D eigenvalue weighted by Gasteiger charge is -2.18. The summed E-state index contributed by atoms with van der Waals surface area (Å²) >= 11 is 0. The van der Waals surface area contributed by atoms with Gasteiger partial charge in [-0.3, -0.25) is 9.69 Å². The monoisotopic (exact) mass is 369 g/mol. The summed E-state index contributed by atoms with van der Waals surface area (Å²) < 4.78 is 16.6. The minimum Gasteiger partial charge on any atom is -0.493 e. The predicted molar refractivity (Wildman–Crippen MR) is 105 cm³/mol. The van der Waals surface area contributed by atoms with Gasteiger partial charge in [0.15, 0.2) is 17.6 Å². The Morgan fingerprint density at radius 3 is 2.22 bits per heavy atom. The van der Waals surface area contributed by atoms with Crippen molar-refractivity contribution in [3.63, 3.8) is 0 Å². The van der Waals surface area contributed by atoms with Gasteiger partial charge in [0.1, 0.15) is 5.75 Å². The van der Waals surface area contributed by atoms with Crippen LogP contribution in [-0.4, -0.2) is 44.1 Å². The first-order valence-electron chi connectivity index (χ1n) is 9.36. The number of methoxy groups -OCH3 is 2.